The molecule has 0 aromatic heterocycles. The Labute approximate surface area is 203 Å². The first-order valence-corrected chi connectivity index (χ1v) is 13.1. The van der Waals surface area contributed by atoms with E-state index < -0.39 is 0 Å². The number of hydrogen-bond donors (Lipinski definition) is 1. The molecule has 0 radical (unpaired) electrons. The summed E-state index contributed by atoms with van der Waals surface area (Å²) in [6.45, 7) is 0.689. The Hall–Kier alpha value is -2.06. The lowest BCUT2D eigenvalue weighted by Gasteiger charge is -2.56. The second-order valence-corrected chi connectivity index (χ2v) is 12.0. The van der Waals surface area contributed by atoms with Gasteiger partial charge in [0.05, 0.1) is 4.91 Å². The molecule has 2 aliphatic heterocycles. The minimum atomic E-state index is -0.0934. The van der Waals surface area contributed by atoms with Gasteiger partial charge < -0.3 is 14.8 Å². The fourth-order valence-electron chi connectivity index (χ4n) is 6.87. The van der Waals surface area contributed by atoms with Crippen LogP contribution in [-0.2, 0) is 9.59 Å². The van der Waals surface area contributed by atoms with Gasteiger partial charge in [0.2, 0.25) is 12.7 Å². The minimum absolute atomic E-state index is 0.0426. The highest BCUT2D eigenvalue weighted by Gasteiger charge is 2.51. The van der Waals surface area contributed by atoms with Crippen molar-refractivity contribution in [3.63, 3.8) is 0 Å². The molecule has 2 amide bonds. The second-order valence-electron chi connectivity index (χ2n) is 10.3. The van der Waals surface area contributed by atoms with Crippen molar-refractivity contribution in [2.75, 3.05) is 13.3 Å². The van der Waals surface area contributed by atoms with E-state index in [1.165, 1.54) is 31.0 Å². The van der Waals surface area contributed by atoms with Crippen LogP contribution in [0, 0.1) is 17.8 Å². The normalized spacial score (nSPS) is 32.8. The summed E-state index contributed by atoms with van der Waals surface area (Å²) in [6, 6.07) is 5.61. The van der Waals surface area contributed by atoms with E-state index in [9.17, 15) is 9.59 Å². The first-order chi connectivity index (χ1) is 16.0. The summed E-state index contributed by atoms with van der Waals surface area (Å²) >= 11 is 6.77. The van der Waals surface area contributed by atoms with E-state index in [1.807, 2.05) is 24.3 Å². The fraction of sp³-hybridized carbons (Fsp3) is 0.560. The van der Waals surface area contributed by atoms with Crippen LogP contribution < -0.4 is 14.8 Å². The van der Waals surface area contributed by atoms with Gasteiger partial charge in [-0.2, -0.15) is 0 Å². The third-order valence-electron chi connectivity index (χ3n) is 7.80. The van der Waals surface area contributed by atoms with Gasteiger partial charge in [-0.1, -0.05) is 30.0 Å². The lowest BCUT2D eigenvalue weighted by atomic mass is 9.53. The molecule has 2 heterocycles. The van der Waals surface area contributed by atoms with Crippen LogP contribution in [0.3, 0.4) is 0 Å². The number of carbonyl (C=O) groups is 2. The molecule has 6 nitrogen and oxygen atoms in total. The second kappa shape index (κ2) is 8.31. The largest absolute Gasteiger partial charge is 0.454 e. The zero-order valence-electron chi connectivity index (χ0n) is 18.5. The number of rotatable bonds is 6. The summed E-state index contributed by atoms with van der Waals surface area (Å²) in [4.78, 5) is 27.9. The van der Waals surface area contributed by atoms with E-state index in [4.69, 9.17) is 21.7 Å². The highest BCUT2D eigenvalue weighted by atomic mass is 32.2. The Bertz CT molecular complexity index is 1020. The molecule has 4 saturated carbocycles. The van der Waals surface area contributed by atoms with Crippen LogP contribution in [0.1, 0.15) is 56.9 Å². The Kier molecular flexibility index (Phi) is 5.41. The summed E-state index contributed by atoms with van der Waals surface area (Å²) < 4.78 is 11.3. The molecule has 5 fully saturated rings. The van der Waals surface area contributed by atoms with Gasteiger partial charge in [0, 0.05) is 18.5 Å². The summed E-state index contributed by atoms with van der Waals surface area (Å²) in [5, 5.41) is 3.42. The van der Waals surface area contributed by atoms with Crippen LogP contribution in [0.4, 0.5) is 0 Å². The molecule has 6 aliphatic rings. The van der Waals surface area contributed by atoms with Gasteiger partial charge in [0.1, 0.15) is 4.32 Å². The highest BCUT2D eigenvalue weighted by Crippen LogP contribution is 2.55. The number of thiocarbonyl (C=S) groups is 1. The summed E-state index contributed by atoms with van der Waals surface area (Å²) in [7, 11) is 0. The fourth-order valence-corrected chi connectivity index (χ4v) is 8.18. The molecule has 1 saturated heterocycles. The number of amides is 2. The Balaban J connectivity index is 1.03. The number of benzene rings is 1. The smallest absolute Gasteiger partial charge is 0.266 e. The Morgan fingerprint density at radius 3 is 2.58 bits per heavy atom. The molecule has 1 aromatic rings. The summed E-state index contributed by atoms with van der Waals surface area (Å²) in [5.41, 5.74) is 0.913. The predicted molar refractivity (Wildman–Crippen MR) is 131 cm³/mol. The molecular formula is C25H28N2O4S2. The van der Waals surface area contributed by atoms with Crippen LogP contribution in [0.5, 0.6) is 11.5 Å². The lowest BCUT2D eigenvalue weighted by Crippen LogP contribution is -2.59. The van der Waals surface area contributed by atoms with E-state index in [1.54, 1.807) is 4.90 Å². The van der Waals surface area contributed by atoms with E-state index in [2.05, 4.69) is 5.32 Å². The van der Waals surface area contributed by atoms with Crippen LogP contribution in [0.25, 0.3) is 6.08 Å². The van der Waals surface area contributed by atoms with Gasteiger partial charge in [-0.05, 0) is 86.5 Å². The van der Waals surface area contributed by atoms with Gasteiger partial charge in [-0.25, -0.2) is 0 Å². The molecule has 0 spiro atoms. The monoisotopic (exact) mass is 484 g/mol. The van der Waals surface area contributed by atoms with E-state index in [-0.39, 0.29) is 24.1 Å². The average Bonchev–Trinajstić information content (AvgIpc) is 3.31. The van der Waals surface area contributed by atoms with Crippen LogP contribution >= 0.6 is 24.0 Å². The summed E-state index contributed by atoms with van der Waals surface area (Å²) in [5.74, 6) is 3.85. The maximum absolute atomic E-state index is 12.9. The van der Waals surface area contributed by atoms with Crippen molar-refractivity contribution in [3.8, 4) is 11.5 Å². The van der Waals surface area contributed by atoms with Gasteiger partial charge in [-0.3, -0.25) is 14.5 Å². The van der Waals surface area contributed by atoms with Gasteiger partial charge >= 0.3 is 0 Å². The zero-order valence-corrected chi connectivity index (χ0v) is 20.1. The minimum Gasteiger partial charge on any atom is -0.454 e. The standard InChI is InChI=1S/C25H28N2O4S2/c28-22(26-25-11-16-6-17(12-25)8-18(7-16)13-25)2-1-5-27-23(29)21(33-24(27)32)10-15-3-4-19-20(9-15)31-14-30-19/h3-4,9-10,16-18H,1-2,5-8,11-14H2,(H,26,28). The van der Waals surface area contributed by atoms with Crippen LogP contribution in [0.15, 0.2) is 23.1 Å². The quantitative estimate of drug-likeness (QED) is 0.474. The first-order valence-electron chi connectivity index (χ1n) is 11.9. The zero-order chi connectivity index (χ0) is 22.6. The topological polar surface area (TPSA) is 67.9 Å². The van der Waals surface area contributed by atoms with Gasteiger partial charge in [0.15, 0.2) is 11.5 Å². The van der Waals surface area contributed by atoms with Gasteiger partial charge in [0.25, 0.3) is 5.91 Å². The number of carbonyl (C=O) groups excluding carboxylic acids is 2. The third kappa shape index (κ3) is 4.16. The predicted octanol–water partition coefficient (Wildman–Crippen LogP) is 4.48. The van der Waals surface area contributed by atoms with Crippen molar-refractivity contribution in [2.45, 2.75) is 56.9 Å². The number of thioether (sulfide) groups is 1. The molecule has 4 bridgehead atoms. The van der Waals surface area contributed by atoms with E-state index in [0.717, 1.165) is 42.6 Å². The molecule has 0 unspecified atom stereocenters. The first kappa shape index (κ1) is 21.5. The van der Waals surface area contributed by atoms with E-state index in [0.29, 0.717) is 40.1 Å². The molecule has 174 valence electrons. The molecule has 8 heteroatoms. The maximum atomic E-state index is 12.9. The van der Waals surface area contributed by atoms with Crippen molar-refractivity contribution >= 4 is 46.2 Å². The van der Waals surface area contributed by atoms with E-state index >= 15 is 0 Å². The molecule has 33 heavy (non-hydrogen) atoms. The summed E-state index contributed by atoms with van der Waals surface area (Å²) in [6.07, 6.45) is 10.4. The third-order valence-corrected chi connectivity index (χ3v) is 9.17. The SMILES string of the molecule is O=C(CCCN1C(=O)C(=Cc2ccc3c(c2)OCO3)SC1=S)NC12CC3CC(CC(C3)C1)C2. The van der Waals surface area contributed by atoms with Crippen molar-refractivity contribution in [1.29, 1.82) is 0 Å². The van der Waals surface area contributed by atoms with Crippen LogP contribution in [-0.4, -0.2) is 39.9 Å². The number of nitrogens with one attached hydrogen (secondary N) is 1. The molecule has 4 aliphatic carbocycles. The number of hydrogen-bond acceptors (Lipinski definition) is 6. The Morgan fingerprint density at radius 1 is 1.15 bits per heavy atom. The lowest BCUT2D eigenvalue weighted by molar-refractivity contribution is -0.127. The van der Waals surface area contributed by atoms with Gasteiger partial charge in [-0.15, -0.1) is 0 Å². The van der Waals surface area contributed by atoms with Crippen molar-refractivity contribution < 1.29 is 19.1 Å². The number of ether oxygens (including phenoxy) is 2. The van der Waals surface area contributed by atoms with Crippen LogP contribution in [0.2, 0.25) is 0 Å². The van der Waals surface area contributed by atoms with Crippen molar-refractivity contribution in [2.24, 2.45) is 17.8 Å². The Morgan fingerprint density at radius 2 is 1.85 bits per heavy atom. The van der Waals surface area contributed by atoms with Crippen molar-refractivity contribution in [1.82, 2.24) is 10.2 Å². The molecular weight excluding hydrogens is 456 g/mol. The average molecular weight is 485 g/mol. The molecule has 0 atom stereocenters. The maximum Gasteiger partial charge on any atom is 0.266 e. The van der Waals surface area contributed by atoms with Crippen molar-refractivity contribution in [3.05, 3.63) is 28.7 Å². The molecule has 7 rings (SSSR count). The highest BCUT2D eigenvalue weighted by molar-refractivity contribution is 8.26. The molecule has 1 N–H and O–H groups in total. The number of fused-ring (bicyclic) bond motifs is 1. The molecule has 1 aromatic carbocycles. The number of nitrogens with zero attached hydrogens (tertiary/aromatic N) is 1.